The second-order valence-electron chi connectivity index (χ2n) is 2.39. The summed E-state index contributed by atoms with van der Waals surface area (Å²) in [4.78, 5) is 14.0. The first-order valence-electron chi connectivity index (χ1n) is 3.49. The standard InChI is InChI=1S/C7H11N3O/c8-7(5-11)1-3-10-4-2-9-6-10/h2,4-7H,1,3,8H2. The van der Waals surface area contributed by atoms with Gasteiger partial charge in [0.25, 0.3) is 0 Å². The van der Waals surface area contributed by atoms with Gasteiger partial charge < -0.3 is 15.1 Å². The second-order valence-corrected chi connectivity index (χ2v) is 2.39. The molecule has 0 spiro atoms. The van der Waals surface area contributed by atoms with Gasteiger partial charge in [-0.25, -0.2) is 4.98 Å². The van der Waals surface area contributed by atoms with Crippen LogP contribution in [0.25, 0.3) is 0 Å². The van der Waals surface area contributed by atoms with Crippen LogP contribution < -0.4 is 5.73 Å². The summed E-state index contributed by atoms with van der Waals surface area (Å²) in [6.07, 6.45) is 6.68. The Morgan fingerprint density at radius 3 is 3.09 bits per heavy atom. The van der Waals surface area contributed by atoms with Crippen molar-refractivity contribution >= 4 is 6.29 Å². The predicted octanol–water partition coefficient (Wildman–Crippen LogP) is -0.201. The summed E-state index contributed by atoms with van der Waals surface area (Å²) in [5.74, 6) is 0. The van der Waals surface area contributed by atoms with E-state index in [1.807, 2.05) is 10.8 Å². The van der Waals surface area contributed by atoms with Crippen molar-refractivity contribution in [1.29, 1.82) is 0 Å². The van der Waals surface area contributed by atoms with Crippen molar-refractivity contribution in [3.8, 4) is 0 Å². The molecule has 1 atom stereocenters. The average molecular weight is 153 g/mol. The molecule has 0 bridgehead atoms. The molecule has 0 saturated heterocycles. The summed E-state index contributed by atoms with van der Waals surface area (Å²) < 4.78 is 1.89. The maximum absolute atomic E-state index is 10.1. The van der Waals surface area contributed by atoms with Gasteiger partial charge in [0.15, 0.2) is 0 Å². The first-order chi connectivity index (χ1) is 5.33. The normalized spacial score (nSPS) is 12.8. The fourth-order valence-corrected chi connectivity index (χ4v) is 0.785. The van der Waals surface area contributed by atoms with Crippen molar-refractivity contribution in [2.24, 2.45) is 5.73 Å². The number of imidazole rings is 1. The number of rotatable bonds is 4. The Labute approximate surface area is 65.0 Å². The zero-order valence-electron chi connectivity index (χ0n) is 6.18. The first kappa shape index (κ1) is 7.94. The highest BCUT2D eigenvalue weighted by Crippen LogP contribution is 1.91. The molecule has 1 aromatic heterocycles. The summed E-state index contributed by atoms with van der Waals surface area (Å²) in [7, 11) is 0. The van der Waals surface area contributed by atoms with Gasteiger partial charge in [0.1, 0.15) is 6.29 Å². The van der Waals surface area contributed by atoms with E-state index in [4.69, 9.17) is 5.73 Å². The van der Waals surface area contributed by atoms with E-state index in [2.05, 4.69) is 4.98 Å². The van der Waals surface area contributed by atoms with Gasteiger partial charge in [-0.1, -0.05) is 0 Å². The topological polar surface area (TPSA) is 60.9 Å². The Hall–Kier alpha value is -1.16. The van der Waals surface area contributed by atoms with Crippen LogP contribution in [0.2, 0.25) is 0 Å². The fourth-order valence-electron chi connectivity index (χ4n) is 0.785. The van der Waals surface area contributed by atoms with E-state index in [9.17, 15) is 4.79 Å². The first-order valence-corrected chi connectivity index (χ1v) is 3.49. The number of hydrogen-bond donors (Lipinski definition) is 1. The minimum Gasteiger partial charge on any atom is -0.337 e. The lowest BCUT2D eigenvalue weighted by molar-refractivity contribution is -0.109. The molecule has 60 valence electrons. The summed E-state index contributed by atoms with van der Waals surface area (Å²) in [5.41, 5.74) is 5.39. The lowest BCUT2D eigenvalue weighted by atomic mass is 10.2. The van der Waals surface area contributed by atoms with Gasteiger partial charge in [0.2, 0.25) is 0 Å². The summed E-state index contributed by atoms with van der Waals surface area (Å²) in [6, 6.07) is -0.350. The molecule has 0 aliphatic rings. The van der Waals surface area contributed by atoms with Crippen LogP contribution in [0.3, 0.4) is 0 Å². The minimum absolute atomic E-state index is 0.350. The Bertz CT molecular complexity index is 207. The Morgan fingerprint density at radius 2 is 2.55 bits per heavy atom. The van der Waals surface area contributed by atoms with E-state index in [0.717, 1.165) is 12.8 Å². The number of nitrogens with two attached hydrogens (primary N) is 1. The van der Waals surface area contributed by atoms with E-state index >= 15 is 0 Å². The van der Waals surface area contributed by atoms with Gasteiger partial charge in [-0.05, 0) is 6.42 Å². The molecule has 1 unspecified atom stereocenters. The number of aromatic nitrogens is 2. The van der Waals surface area contributed by atoms with E-state index in [1.165, 1.54) is 0 Å². The molecule has 1 aromatic rings. The molecule has 0 aliphatic carbocycles. The smallest absolute Gasteiger partial charge is 0.136 e. The third-order valence-electron chi connectivity index (χ3n) is 1.45. The van der Waals surface area contributed by atoms with Gasteiger partial charge in [0.05, 0.1) is 12.4 Å². The zero-order valence-corrected chi connectivity index (χ0v) is 6.18. The van der Waals surface area contributed by atoms with Crippen LogP contribution in [0.1, 0.15) is 6.42 Å². The maximum Gasteiger partial charge on any atom is 0.136 e. The molecule has 0 saturated carbocycles. The Balaban J connectivity index is 2.28. The third kappa shape index (κ3) is 2.51. The molecule has 0 aliphatic heterocycles. The molecule has 11 heavy (non-hydrogen) atoms. The predicted molar refractivity (Wildman–Crippen MR) is 40.9 cm³/mol. The maximum atomic E-state index is 10.1. The van der Waals surface area contributed by atoms with Crippen LogP contribution in [-0.2, 0) is 11.3 Å². The van der Waals surface area contributed by atoms with Crippen molar-refractivity contribution < 1.29 is 4.79 Å². The number of hydrogen-bond acceptors (Lipinski definition) is 3. The largest absolute Gasteiger partial charge is 0.337 e. The summed E-state index contributed by atoms with van der Waals surface area (Å²) in [6.45, 7) is 0.750. The highest BCUT2D eigenvalue weighted by Gasteiger charge is 1.98. The van der Waals surface area contributed by atoms with Crippen LogP contribution in [-0.4, -0.2) is 21.9 Å². The fraction of sp³-hybridized carbons (Fsp3) is 0.429. The summed E-state index contributed by atoms with van der Waals surface area (Å²) >= 11 is 0. The van der Waals surface area contributed by atoms with Crippen molar-refractivity contribution in [2.75, 3.05) is 0 Å². The van der Waals surface area contributed by atoms with Crippen LogP contribution in [0.4, 0.5) is 0 Å². The molecule has 0 fully saturated rings. The van der Waals surface area contributed by atoms with E-state index in [0.29, 0.717) is 6.42 Å². The number of carbonyl (C=O) groups is 1. The lowest BCUT2D eigenvalue weighted by Crippen LogP contribution is -2.22. The Morgan fingerprint density at radius 1 is 1.73 bits per heavy atom. The van der Waals surface area contributed by atoms with Crippen molar-refractivity contribution in [2.45, 2.75) is 19.0 Å². The molecule has 0 aromatic carbocycles. The molecule has 4 nitrogen and oxygen atoms in total. The number of carbonyl (C=O) groups excluding carboxylic acids is 1. The highest BCUT2D eigenvalue weighted by atomic mass is 16.1. The van der Waals surface area contributed by atoms with Crippen LogP contribution in [0.5, 0.6) is 0 Å². The molecular weight excluding hydrogens is 142 g/mol. The van der Waals surface area contributed by atoms with Crippen LogP contribution in [0, 0.1) is 0 Å². The number of aryl methyl sites for hydroxylation is 1. The Kier molecular flexibility index (Phi) is 2.80. The van der Waals surface area contributed by atoms with Crippen LogP contribution in [0.15, 0.2) is 18.7 Å². The van der Waals surface area contributed by atoms with Crippen molar-refractivity contribution in [3.05, 3.63) is 18.7 Å². The monoisotopic (exact) mass is 153 g/mol. The minimum atomic E-state index is -0.350. The van der Waals surface area contributed by atoms with E-state index in [-0.39, 0.29) is 6.04 Å². The SMILES string of the molecule is NC(C=O)CCn1ccnc1. The highest BCUT2D eigenvalue weighted by molar-refractivity contribution is 5.56. The van der Waals surface area contributed by atoms with E-state index < -0.39 is 0 Å². The molecular formula is C7H11N3O. The van der Waals surface area contributed by atoms with Gasteiger partial charge in [-0.15, -0.1) is 0 Å². The van der Waals surface area contributed by atoms with E-state index in [1.54, 1.807) is 12.5 Å². The molecule has 1 heterocycles. The number of aldehydes is 1. The van der Waals surface area contributed by atoms with Gasteiger partial charge in [-0.3, -0.25) is 0 Å². The van der Waals surface area contributed by atoms with Crippen molar-refractivity contribution in [1.82, 2.24) is 9.55 Å². The molecule has 0 amide bonds. The summed E-state index contributed by atoms with van der Waals surface area (Å²) in [5, 5.41) is 0. The quantitative estimate of drug-likeness (QED) is 0.609. The molecule has 1 rings (SSSR count). The average Bonchev–Trinajstić information content (AvgIpc) is 2.52. The van der Waals surface area contributed by atoms with Gasteiger partial charge in [0, 0.05) is 18.9 Å². The van der Waals surface area contributed by atoms with Crippen molar-refractivity contribution in [3.63, 3.8) is 0 Å². The number of nitrogens with zero attached hydrogens (tertiary/aromatic N) is 2. The van der Waals surface area contributed by atoms with Gasteiger partial charge in [-0.2, -0.15) is 0 Å². The molecule has 2 N–H and O–H groups in total. The third-order valence-corrected chi connectivity index (χ3v) is 1.45. The zero-order chi connectivity index (χ0) is 8.10. The van der Waals surface area contributed by atoms with Gasteiger partial charge >= 0.3 is 0 Å². The molecule has 0 radical (unpaired) electrons. The lowest BCUT2D eigenvalue weighted by Gasteiger charge is -2.03. The van der Waals surface area contributed by atoms with Crippen LogP contribution >= 0.6 is 0 Å². The second kappa shape index (κ2) is 3.88. The molecule has 4 heteroatoms.